The zero-order valence-electron chi connectivity index (χ0n) is 12.4. The van der Waals surface area contributed by atoms with Crippen LogP contribution >= 0.6 is 11.8 Å². The fourth-order valence-electron chi connectivity index (χ4n) is 2.12. The number of nitrogens with zero attached hydrogens (tertiary/aromatic N) is 3. The number of nitrogens with one attached hydrogen (secondary N) is 1. The van der Waals surface area contributed by atoms with Gasteiger partial charge in [0, 0.05) is 12.3 Å². The molecule has 0 fully saturated rings. The summed E-state index contributed by atoms with van der Waals surface area (Å²) in [5.74, 6) is 1.40. The fourth-order valence-corrected chi connectivity index (χ4v) is 2.91. The van der Waals surface area contributed by atoms with Crippen molar-refractivity contribution in [1.29, 1.82) is 0 Å². The first-order chi connectivity index (χ1) is 10.1. The molecule has 0 spiro atoms. The molecule has 0 aliphatic carbocycles. The molecule has 0 aliphatic rings. The third-order valence-corrected chi connectivity index (χ3v) is 3.92. The van der Waals surface area contributed by atoms with Crippen LogP contribution in [-0.4, -0.2) is 33.0 Å². The van der Waals surface area contributed by atoms with Crippen molar-refractivity contribution in [3.63, 3.8) is 0 Å². The van der Waals surface area contributed by atoms with E-state index in [9.17, 15) is 4.79 Å². The molecule has 1 N–H and O–H groups in total. The average molecular weight is 304 g/mol. The zero-order chi connectivity index (χ0) is 15.1. The van der Waals surface area contributed by atoms with Crippen molar-refractivity contribution in [2.45, 2.75) is 26.1 Å². The molecule has 0 saturated heterocycles. The van der Waals surface area contributed by atoms with Crippen molar-refractivity contribution >= 4 is 17.7 Å². The van der Waals surface area contributed by atoms with Crippen molar-refractivity contribution in [2.24, 2.45) is 0 Å². The normalized spacial score (nSPS) is 10.6. The average Bonchev–Trinajstić information content (AvgIpc) is 2.91. The summed E-state index contributed by atoms with van der Waals surface area (Å²) in [6, 6.07) is 6.50. The molecule has 0 saturated carbocycles. The lowest BCUT2D eigenvalue weighted by atomic mass is 10.1. The van der Waals surface area contributed by atoms with E-state index in [-0.39, 0.29) is 5.91 Å². The first-order valence-electron chi connectivity index (χ1n) is 6.87. The van der Waals surface area contributed by atoms with Gasteiger partial charge < -0.3 is 5.32 Å². The summed E-state index contributed by atoms with van der Waals surface area (Å²) in [4.78, 5) is 15.6. The Morgan fingerprint density at radius 3 is 2.71 bits per heavy atom. The number of thioether (sulfide) groups is 1. The number of aromatic nitrogens is 3. The lowest BCUT2D eigenvalue weighted by Crippen LogP contribution is -2.28. The Labute approximate surface area is 129 Å². The van der Waals surface area contributed by atoms with E-state index >= 15 is 0 Å². The van der Waals surface area contributed by atoms with Gasteiger partial charge in [-0.25, -0.2) is 4.98 Å². The summed E-state index contributed by atoms with van der Waals surface area (Å²) in [6.45, 7) is 5.41. The molecule has 112 valence electrons. The van der Waals surface area contributed by atoms with Crippen LogP contribution in [0.3, 0.4) is 0 Å². The van der Waals surface area contributed by atoms with Crippen LogP contribution in [0.4, 0.5) is 0 Å². The smallest absolute Gasteiger partial charge is 0.230 e. The van der Waals surface area contributed by atoms with Gasteiger partial charge in [0.2, 0.25) is 5.91 Å². The quantitative estimate of drug-likeness (QED) is 0.849. The van der Waals surface area contributed by atoms with E-state index in [4.69, 9.17) is 0 Å². The van der Waals surface area contributed by atoms with E-state index in [1.807, 2.05) is 0 Å². The summed E-state index contributed by atoms with van der Waals surface area (Å²) in [5.41, 5.74) is 3.80. The minimum absolute atomic E-state index is 0.0597. The molecule has 0 bridgehead atoms. The van der Waals surface area contributed by atoms with Gasteiger partial charge in [0.15, 0.2) is 0 Å². The Morgan fingerprint density at radius 2 is 2.05 bits per heavy atom. The lowest BCUT2D eigenvalue weighted by Gasteiger charge is -2.06. The second-order valence-corrected chi connectivity index (χ2v) is 5.98. The van der Waals surface area contributed by atoms with Crippen molar-refractivity contribution in [2.75, 3.05) is 12.3 Å². The maximum atomic E-state index is 11.7. The molecule has 2 aromatic rings. The van der Waals surface area contributed by atoms with Crippen molar-refractivity contribution in [1.82, 2.24) is 20.1 Å². The van der Waals surface area contributed by atoms with Crippen molar-refractivity contribution < 1.29 is 4.79 Å². The van der Waals surface area contributed by atoms with Crippen LogP contribution in [0, 0.1) is 13.8 Å². The van der Waals surface area contributed by atoms with Crippen molar-refractivity contribution in [3.8, 4) is 0 Å². The molecule has 1 heterocycles. The fraction of sp³-hybridized carbons (Fsp3) is 0.400. The van der Waals surface area contributed by atoms with Gasteiger partial charge in [0.1, 0.15) is 12.7 Å². The number of carbonyl (C=O) groups excluding carboxylic acids is 1. The van der Waals surface area contributed by atoms with Gasteiger partial charge >= 0.3 is 0 Å². The molecule has 0 unspecified atom stereocenters. The van der Waals surface area contributed by atoms with E-state index in [1.165, 1.54) is 23.0 Å². The van der Waals surface area contributed by atoms with Crippen LogP contribution in [-0.2, 0) is 17.1 Å². The Balaban J connectivity index is 1.64. The third kappa shape index (κ3) is 5.59. The highest BCUT2D eigenvalue weighted by Crippen LogP contribution is 2.15. The van der Waals surface area contributed by atoms with E-state index in [0.717, 1.165) is 5.75 Å². The van der Waals surface area contributed by atoms with Gasteiger partial charge in [-0.1, -0.05) is 29.3 Å². The molecular formula is C15H20N4OS. The van der Waals surface area contributed by atoms with Gasteiger partial charge in [0.05, 0.1) is 12.3 Å². The maximum absolute atomic E-state index is 11.7. The molecule has 1 aromatic heterocycles. The van der Waals surface area contributed by atoms with Crippen molar-refractivity contribution in [3.05, 3.63) is 47.5 Å². The second-order valence-electron chi connectivity index (χ2n) is 5.00. The number of benzene rings is 1. The molecule has 21 heavy (non-hydrogen) atoms. The van der Waals surface area contributed by atoms with E-state index < -0.39 is 0 Å². The van der Waals surface area contributed by atoms with Crippen LogP contribution in [0.5, 0.6) is 0 Å². The number of carbonyl (C=O) groups is 1. The van der Waals surface area contributed by atoms with Crippen LogP contribution in [0.2, 0.25) is 0 Å². The zero-order valence-corrected chi connectivity index (χ0v) is 13.2. The molecule has 1 amide bonds. The predicted molar refractivity (Wildman–Crippen MR) is 85.1 cm³/mol. The summed E-state index contributed by atoms with van der Waals surface area (Å²) in [6.07, 6.45) is 3.13. The van der Waals surface area contributed by atoms with E-state index in [2.05, 4.69) is 47.4 Å². The number of rotatable bonds is 7. The van der Waals surface area contributed by atoms with Gasteiger partial charge in [-0.3, -0.25) is 9.48 Å². The van der Waals surface area contributed by atoms with Gasteiger partial charge in [-0.05, 0) is 19.4 Å². The minimum atomic E-state index is 0.0597. The summed E-state index contributed by atoms with van der Waals surface area (Å²) >= 11 is 1.63. The Kier molecular flexibility index (Phi) is 5.80. The summed E-state index contributed by atoms with van der Waals surface area (Å²) in [5, 5.41) is 6.86. The molecule has 6 heteroatoms. The molecule has 0 aliphatic heterocycles. The molecule has 5 nitrogen and oxygen atoms in total. The monoisotopic (exact) mass is 304 g/mol. The van der Waals surface area contributed by atoms with E-state index in [1.54, 1.807) is 22.8 Å². The molecule has 0 atom stereocenters. The van der Waals surface area contributed by atoms with E-state index in [0.29, 0.717) is 18.8 Å². The second kappa shape index (κ2) is 7.83. The first-order valence-corrected chi connectivity index (χ1v) is 8.03. The lowest BCUT2D eigenvalue weighted by molar-refractivity contribution is -0.118. The molecule has 1 aromatic carbocycles. The maximum Gasteiger partial charge on any atom is 0.230 e. The third-order valence-electron chi connectivity index (χ3n) is 2.91. The van der Waals surface area contributed by atoms with Gasteiger partial charge in [-0.15, -0.1) is 11.8 Å². The Morgan fingerprint density at radius 1 is 1.29 bits per heavy atom. The van der Waals surface area contributed by atoms with Crippen LogP contribution in [0.15, 0.2) is 30.9 Å². The minimum Gasteiger partial charge on any atom is -0.354 e. The van der Waals surface area contributed by atoms with Crippen LogP contribution in [0.1, 0.15) is 16.7 Å². The standard InChI is InChI=1S/C15H20N4OS/c1-12-5-13(2)7-14(6-12)8-21-9-15(20)17-3-4-19-11-16-10-18-19/h5-7,10-11H,3-4,8-9H2,1-2H3,(H,17,20). The summed E-state index contributed by atoms with van der Waals surface area (Å²) < 4.78 is 1.70. The SMILES string of the molecule is Cc1cc(C)cc(CSCC(=O)NCCn2cncn2)c1. The largest absolute Gasteiger partial charge is 0.354 e. The highest BCUT2D eigenvalue weighted by atomic mass is 32.2. The molecule has 2 rings (SSSR count). The Bertz CT molecular complexity index is 563. The van der Waals surface area contributed by atoms with Gasteiger partial charge in [0.25, 0.3) is 0 Å². The first kappa shape index (κ1) is 15.6. The Hall–Kier alpha value is -1.82. The van der Waals surface area contributed by atoms with Gasteiger partial charge in [-0.2, -0.15) is 5.10 Å². The summed E-state index contributed by atoms with van der Waals surface area (Å²) in [7, 11) is 0. The molecule has 0 radical (unpaired) electrons. The number of aryl methyl sites for hydroxylation is 2. The predicted octanol–water partition coefficient (Wildman–Crippen LogP) is 1.94. The molecular weight excluding hydrogens is 284 g/mol. The number of hydrogen-bond acceptors (Lipinski definition) is 4. The number of hydrogen-bond donors (Lipinski definition) is 1. The topological polar surface area (TPSA) is 59.8 Å². The van der Waals surface area contributed by atoms with Crippen LogP contribution in [0.25, 0.3) is 0 Å². The van der Waals surface area contributed by atoms with Crippen LogP contribution < -0.4 is 5.32 Å². The number of amides is 1. The highest BCUT2D eigenvalue weighted by Gasteiger charge is 2.03. The highest BCUT2D eigenvalue weighted by molar-refractivity contribution is 7.99.